The average Bonchev–Trinajstić information content (AvgIpc) is 2.45. The van der Waals surface area contributed by atoms with Crippen LogP contribution in [0, 0.1) is 5.92 Å². The molecule has 1 aliphatic rings. The molecule has 1 saturated heterocycles. The molecule has 0 aromatic rings. The van der Waals surface area contributed by atoms with Crippen molar-refractivity contribution in [1.82, 2.24) is 10.2 Å². The molecule has 1 fully saturated rings. The van der Waals surface area contributed by atoms with Gasteiger partial charge >= 0.3 is 0 Å². The number of hydrogen-bond donors (Lipinski definition) is 1. The zero-order valence-electron chi connectivity index (χ0n) is 10.6. The highest BCUT2D eigenvalue weighted by Crippen LogP contribution is 2.09. The van der Waals surface area contributed by atoms with Crippen LogP contribution in [0.3, 0.4) is 0 Å². The van der Waals surface area contributed by atoms with Gasteiger partial charge in [0, 0.05) is 0 Å². The van der Waals surface area contributed by atoms with Crippen LogP contribution in [-0.4, -0.2) is 37.6 Å². The summed E-state index contributed by atoms with van der Waals surface area (Å²) in [4.78, 5) is 2.64. The van der Waals surface area contributed by atoms with Gasteiger partial charge in [-0.3, -0.25) is 0 Å². The van der Waals surface area contributed by atoms with Crippen LogP contribution in [0.5, 0.6) is 0 Å². The van der Waals surface area contributed by atoms with Gasteiger partial charge in [-0.15, -0.1) is 0 Å². The van der Waals surface area contributed by atoms with Crippen LogP contribution in [0.2, 0.25) is 0 Å². The molecule has 0 aliphatic carbocycles. The maximum absolute atomic E-state index is 3.51. The highest BCUT2D eigenvalue weighted by atomic mass is 15.1. The average molecular weight is 212 g/mol. The van der Waals surface area contributed by atoms with Crippen molar-refractivity contribution in [2.75, 3.05) is 32.7 Å². The minimum atomic E-state index is 0.781. The third-order valence-electron chi connectivity index (χ3n) is 3.08. The maximum Gasteiger partial charge on any atom is -0.000664 e. The molecule has 0 aromatic heterocycles. The number of likely N-dealkylation sites (tertiary alicyclic amines) is 1. The quantitative estimate of drug-likeness (QED) is 0.681. The summed E-state index contributed by atoms with van der Waals surface area (Å²) >= 11 is 0. The lowest BCUT2D eigenvalue weighted by Crippen LogP contribution is -2.29. The van der Waals surface area contributed by atoms with Crippen LogP contribution < -0.4 is 5.32 Å². The topological polar surface area (TPSA) is 15.3 Å². The van der Waals surface area contributed by atoms with Gasteiger partial charge in [0.25, 0.3) is 0 Å². The number of rotatable bonds is 6. The minimum Gasteiger partial charge on any atom is -0.316 e. The second kappa shape index (κ2) is 8.12. The molecule has 0 saturated carbocycles. The van der Waals surface area contributed by atoms with E-state index in [1.807, 2.05) is 0 Å². The Hall–Kier alpha value is -0.0800. The Labute approximate surface area is 95.4 Å². The van der Waals surface area contributed by atoms with Crippen molar-refractivity contribution in [3.05, 3.63) is 0 Å². The van der Waals surface area contributed by atoms with Gasteiger partial charge in [-0.2, -0.15) is 0 Å². The van der Waals surface area contributed by atoms with E-state index in [9.17, 15) is 0 Å². The number of nitrogens with one attached hydrogen (secondary N) is 1. The molecular weight excluding hydrogens is 184 g/mol. The summed E-state index contributed by atoms with van der Waals surface area (Å²) in [5, 5.41) is 3.51. The Morgan fingerprint density at radius 1 is 1.07 bits per heavy atom. The van der Waals surface area contributed by atoms with Crippen molar-refractivity contribution in [2.45, 2.75) is 46.0 Å². The van der Waals surface area contributed by atoms with Gasteiger partial charge < -0.3 is 10.2 Å². The van der Waals surface area contributed by atoms with Crippen LogP contribution in [0.4, 0.5) is 0 Å². The second-order valence-corrected chi connectivity index (χ2v) is 5.21. The first-order valence-corrected chi connectivity index (χ1v) is 6.72. The van der Waals surface area contributed by atoms with E-state index >= 15 is 0 Å². The maximum atomic E-state index is 3.51. The van der Waals surface area contributed by atoms with Crippen LogP contribution in [-0.2, 0) is 0 Å². The molecular formula is C13H28N2. The van der Waals surface area contributed by atoms with E-state index in [2.05, 4.69) is 24.1 Å². The molecule has 1 heterocycles. The van der Waals surface area contributed by atoms with E-state index in [1.165, 1.54) is 64.8 Å². The van der Waals surface area contributed by atoms with Crippen LogP contribution in [0.15, 0.2) is 0 Å². The van der Waals surface area contributed by atoms with E-state index in [-0.39, 0.29) is 0 Å². The fraction of sp³-hybridized carbons (Fsp3) is 1.00. The molecule has 1 N–H and O–H groups in total. The summed E-state index contributed by atoms with van der Waals surface area (Å²) in [6.45, 7) is 10.9. The highest BCUT2D eigenvalue weighted by molar-refractivity contribution is 4.64. The van der Waals surface area contributed by atoms with E-state index in [1.54, 1.807) is 0 Å². The van der Waals surface area contributed by atoms with Crippen LogP contribution >= 0.6 is 0 Å². The summed E-state index contributed by atoms with van der Waals surface area (Å²) in [5.41, 5.74) is 0. The van der Waals surface area contributed by atoms with Crippen molar-refractivity contribution in [1.29, 1.82) is 0 Å². The first kappa shape index (κ1) is 13.0. The highest BCUT2D eigenvalue weighted by Gasteiger charge is 2.07. The van der Waals surface area contributed by atoms with E-state index in [0.717, 1.165) is 5.92 Å². The van der Waals surface area contributed by atoms with Crippen molar-refractivity contribution >= 4 is 0 Å². The Kier molecular flexibility index (Phi) is 7.03. The van der Waals surface area contributed by atoms with Gasteiger partial charge in [-0.1, -0.05) is 26.7 Å². The SMILES string of the molecule is CC(C)CNCCCN1CCCCCC1. The Balaban J connectivity index is 1.94. The summed E-state index contributed by atoms with van der Waals surface area (Å²) in [5.74, 6) is 0.781. The van der Waals surface area contributed by atoms with Gasteiger partial charge in [-0.25, -0.2) is 0 Å². The summed E-state index contributed by atoms with van der Waals surface area (Å²) in [7, 11) is 0. The molecule has 0 bridgehead atoms. The van der Waals surface area contributed by atoms with Crippen molar-refractivity contribution < 1.29 is 0 Å². The van der Waals surface area contributed by atoms with Crippen molar-refractivity contribution in [3.63, 3.8) is 0 Å². The van der Waals surface area contributed by atoms with Gasteiger partial charge in [0.2, 0.25) is 0 Å². The predicted molar refractivity (Wildman–Crippen MR) is 67.2 cm³/mol. The lowest BCUT2D eigenvalue weighted by atomic mass is 10.2. The third kappa shape index (κ3) is 6.91. The van der Waals surface area contributed by atoms with Crippen molar-refractivity contribution in [3.8, 4) is 0 Å². The van der Waals surface area contributed by atoms with E-state index in [0.29, 0.717) is 0 Å². The summed E-state index contributed by atoms with van der Waals surface area (Å²) in [6.07, 6.45) is 7.04. The fourth-order valence-corrected chi connectivity index (χ4v) is 2.18. The molecule has 1 aliphatic heterocycles. The zero-order valence-corrected chi connectivity index (χ0v) is 10.6. The van der Waals surface area contributed by atoms with Crippen molar-refractivity contribution in [2.24, 2.45) is 5.92 Å². The van der Waals surface area contributed by atoms with Crippen LogP contribution in [0.1, 0.15) is 46.0 Å². The summed E-state index contributed by atoms with van der Waals surface area (Å²) in [6, 6.07) is 0. The Bertz CT molecular complexity index is 137. The fourth-order valence-electron chi connectivity index (χ4n) is 2.18. The molecule has 90 valence electrons. The predicted octanol–water partition coefficient (Wildman–Crippen LogP) is 2.50. The molecule has 0 atom stereocenters. The first-order chi connectivity index (χ1) is 7.29. The normalized spacial score (nSPS) is 19.4. The van der Waals surface area contributed by atoms with Gasteiger partial charge in [0.1, 0.15) is 0 Å². The Morgan fingerprint density at radius 2 is 1.73 bits per heavy atom. The molecule has 1 rings (SSSR count). The standard InChI is InChI=1S/C13H28N2/c1-13(2)12-14-8-7-11-15-9-5-3-4-6-10-15/h13-14H,3-12H2,1-2H3. The lowest BCUT2D eigenvalue weighted by Gasteiger charge is -2.19. The minimum absolute atomic E-state index is 0.781. The monoisotopic (exact) mass is 212 g/mol. The molecule has 15 heavy (non-hydrogen) atoms. The van der Waals surface area contributed by atoms with Gasteiger partial charge in [0.05, 0.1) is 0 Å². The molecule has 0 aromatic carbocycles. The molecule has 0 radical (unpaired) electrons. The second-order valence-electron chi connectivity index (χ2n) is 5.21. The molecule has 0 unspecified atom stereocenters. The molecule has 2 heteroatoms. The number of nitrogens with zero attached hydrogens (tertiary/aromatic N) is 1. The van der Waals surface area contributed by atoms with Gasteiger partial charge in [-0.05, 0) is 57.9 Å². The summed E-state index contributed by atoms with van der Waals surface area (Å²) < 4.78 is 0. The molecule has 0 amide bonds. The van der Waals surface area contributed by atoms with E-state index in [4.69, 9.17) is 0 Å². The molecule has 2 nitrogen and oxygen atoms in total. The smallest absolute Gasteiger partial charge is 0.000664 e. The van der Waals surface area contributed by atoms with E-state index < -0.39 is 0 Å². The largest absolute Gasteiger partial charge is 0.316 e. The van der Waals surface area contributed by atoms with Crippen LogP contribution in [0.25, 0.3) is 0 Å². The lowest BCUT2D eigenvalue weighted by molar-refractivity contribution is 0.279. The Morgan fingerprint density at radius 3 is 2.33 bits per heavy atom. The number of hydrogen-bond acceptors (Lipinski definition) is 2. The zero-order chi connectivity index (χ0) is 10.9. The third-order valence-corrected chi connectivity index (χ3v) is 3.08. The molecule has 0 spiro atoms. The van der Waals surface area contributed by atoms with Gasteiger partial charge in [0.15, 0.2) is 0 Å². The first-order valence-electron chi connectivity index (χ1n) is 6.72.